The van der Waals surface area contributed by atoms with Gasteiger partial charge in [0.2, 0.25) is 0 Å². The van der Waals surface area contributed by atoms with Gasteiger partial charge in [-0.3, -0.25) is 4.79 Å². The van der Waals surface area contributed by atoms with E-state index in [1.807, 2.05) is 6.92 Å². The van der Waals surface area contributed by atoms with Crippen molar-refractivity contribution in [1.29, 1.82) is 0 Å². The molecule has 2 aromatic heterocycles. The SMILES string of the molecule is Cc1cc(C(=O)Nc2cc(Cl)c(N)c(Cl)c2)c2nc3n(c2n1)CCCCC3. The summed E-state index contributed by atoms with van der Waals surface area (Å²) in [6.07, 6.45) is 4.28. The molecule has 1 amide bonds. The van der Waals surface area contributed by atoms with Crippen molar-refractivity contribution in [2.75, 3.05) is 11.1 Å². The lowest BCUT2D eigenvalue weighted by Crippen LogP contribution is -2.13. The summed E-state index contributed by atoms with van der Waals surface area (Å²) in [5, 5.41) is 3.43. The fraction of sp³-hybridized carbons (Fsp3) is 0.316. The number of carbonyl (C=O) groups is 1. The molecule has 3 heterocycles. The van der Waals surface area contributed by atoms with Crippen molar-refractivity contribution in [3.8, 4) is 0 Å². The summed E-state index contributed by atoms with van der Waals surface area (Å²) in [5.41, 5.74) is 9.18. The zero-order valence-corrected chi connectivity index (χ0v) is 16.4. The van der Waals surface area contributed by atoms with Crippen LogP contribution in [-0.4, -0.2) is 20.4 Å². The molecule has 8 heteroatoms. The van der Waals surface area contributed by atoms with Gasteiger partial charge in [-0.25, -0.2) is 9.97 Å². The van der Waals surface area contributed by atoms with E-state index in [2.05, 4.69) is 14.9 Å². The van der Waals surface area contributed by atoms with E-state index in [1.54, 1.807) is 18.2 Å². The predicted octanol–water partition coefficient (Wildman–Crippen LogP) is 4.61. The summed E-state index contributed by atoms with van der Waals surface area (Å²) in [7, 11) is 0. The van der Waals surface area contributed by atoms with Gasteiger partial charge in [-0.15, -0.1) is 0 Å². The molecule has 0 aliphatic carbocycles. The van der Waals surface area contributed by atoms with Crippen molar-refractivity contribution in [3.05, 3.63) is 45.3 Å². The quantitative estimate of drug-likeness (QED) is 0.611. The normalized spacial score (nSPS) is 14.0. The highest BCUT2D eigenvalue weighted by Gasteiger charge is 2.21. The van der Waals surface area contributed by atoms with Crippen LogP contribution >= 0.6 is 23.2 Å². The second-order valence-corrected chi connectivity index (χ2v) is 7.60. The molecule has 4 rings (SSSR count). The van der Waals surface area contributed by atoms with Gasteiger partial charge in [-0.1, -0.05) is 29.6 Å². The van der Waals surface area contributed by atoms with E-state index < -0.39 is 0 Å². The Bertz CT molecular complexity index is 1040. The monoisotopic (exact) mass is 403 g/mol. The number of amides is 1. The Morgan fingerprint density at radius 2 is 1.89 bits per heavy atom. The lowest BCUT2D eigenvalue weighted by Gasteiger charge is -2.10. The zero-order valence-electron chi connectivity index (χ0n) is 14.9. The van der Waals surface area contributed by atoms with Gasteiger partial charge < -0.3 is 15.6 Å². The Morgan fingerprint density at radius 1 is 1.15 bits per heavy atom. The minimum Gasteiger partial charge on any atom is -0.396 e. The van der Waals surface area contributed by atoms with Gasteiger partial charge in [0.25, 0.3) is 5.91 Å². The molecule has 0 saturated carbocycles. The number of aryl methyl sites for hydroxylation is 3. The number of nitrogens with zero attached hydrogens (tertiary/aromatic N) is 3. The molecule has 1 aliphatic rings. The Morgan fingerprint density at radius 3 is 2.63 bits per heavy atom. The third-order valence-electron chi connectivity index (χ3n) is 4.77. The highest BCUT2D eigenvalue weighted by atomic mass is 35.5. The Hall–Kier alpha value is -2.31. The highest BCUT2D eigenvalue weighted by Crippen LogP contribution is 2.32. The number of pyridine rings is 1. The standard InChI is InChI=1S/C19H19Cl2N5O/c1-10-7-12(19(27)24-11-8-13(20)16(22)14(21)9-11)17-18(23-10)26-6-4-2-3-5-15(26)25-17/h7-9H,2-6,22H2,1H3,(H,24,27). The number of imidazole rings is 1. The van der Waals surface area contributed by atoms with E-state index in [0.29, 0.717) is 26.8 Å². The van der Waals surface area contributed by atoms with Gasteiger partial charge in [0, 0.05) is 24.3 Å². The van der Waals surface area contributed by atoms with Crippen molar-refractivity contribution in [2.45, 2.75) is 39.2 Å². The maximum atomic E-state index is 13.0. The highest BCUT2D eigenvalue weighted by molar-refractivity contribution is 6.39. The number of anilines is 2. The van der Waals surface area contributed by atoms with E-state index in [1.165, 1.54) is 6.42 Å². The van der Waals surface area contributed by atoms with E-state index >= 15 is 0 Å². The van der Waals surface area contributed by atoms with Crippen LogP contribution in [0.5, 0.6) is 0 Å². The molecule has 0 bridgehead atoms. The smallest absolute Gasteiger partial charge is 0.258 e. The number of benzene rings is 1. The molecule has 0 fully saturated rings. The molecule has 0 spiro atoms. The van der Waals surface area contributed by atoms with E-state index in [9.17, 15) is 4.79 Å². The number of rotatable bonds is 2. The number of hydrogen-bond acceptors (Lipinski definition) is 4. The van der Waals surface area contributed by atoms with Crippen LogP contribution in [0.25, 0.3) is 11.2 Å². The van der Waals surface area contributed by atoms with Crippen molar-refractivity contribution in [3.63, 3.8) is 0 Å². The number of fused-ring (bicyclic) bond motifs is 3. The third-order valence-corrected chi connectivity index (χ3v) is 5.40. The van der Waals surface area contributed by atoms with E-state index in [-0.39, 0.29) is 11.6 Å². The third kappa shape index (κ3) is 3.35. The summed E-state index contributed by atoms with van der Waals surface area (Å²) >= 11 is 12.1. The molecule has 6 nitrogen and oxygen atoms in total. The molecule has 0 unspecified atom stereocenters. The number of aromatic nitrogens is 3. The predicted molar refractivity (Wildman–Crippen MR) is 109 cm³/mol. The fourth-order valence-electron chi connectivity index (χ4n) is 3.44. The van der Waals surface area contributed by atoms with Gasteiger partial charge >= 0.3 is 0 Å². The minimum absolute atomic E-state index is 0.282. The van der Waals surface area contributed by atoms with Crippen LogP contribution in [0.1, 0.15) is 41.1 Å². The molecule has 140 valence electrons. The Kier molecular flexibility index (Phi) is 4.70. The first-order chi connectivity index (χ1) is 12.9. The van der Waals surface area contributed by atoms with Crippen LogP contribution in [0.3, 0.4) is 0 Å². The molecule has 0 atom stereocenters. The van der Waals surface area contributed by atoms with Gasteiger partial charge in [0.05, 0.1) is 21.3 Å². The van der Waals surface area contributed by atoms with Gasteiger partial charge in [0.15, 0.2) is 5.65 Å². The van der Waals surface area contributed by atoms with E-state index in [4.69, 9.17) is 33.9 Å². The van der Waals surface area contributed by atoms with Crippen LogP contribution < -0.4 is 11.1 Å². The fourth-order valence-corrected chi connectivity index (χ4v) is 3.93. The molecule has 27 heavy (non-hydrogen) atoms. The summed E-state index contributed by atoms with van der Waals surface area (Å²) in [4.78, 5) is 22.3. The van der Waals surface area contributed by atoms with Crippen LogP contribution in [0.15, 0.2) is 18.2 Å². The topological polar surface area (TPSA) is 85.8 Å². The number of hydrogen-bond donors (Lipinski definition) is 2. The number of nitrogens with two attached hydrogens (primary N) is 1. The van der Waals surface area contributed by atoms with Crippen molar-refractivity contribution < 1.29 is 4.79 Å². The first-order valence-electron chi connectivity index (χ1n) is 8.86. The van der Waals surface area contributed by atoms with Crippen LogP contribution in [0.4, 0.5) is 11.4 Å². The lowest BCUT2D eigenvalue weighted by atomic mass is 10.1. The summed E-state index contributed by atoms with van der Waals surface area (Å²) < 4.78 is 2.14. The summed E-state index contributed by atoms with van der Waals surface area (Å²) in [6.45, 7) is 2.76. The van der Waals surface area contributed by atoms with Gasteiger partial charge in [0.1, 0.15) is 11.3 Å². The first-order valence-corrected chi connectivity index (χ1v) is 9.62. The molecule has 3 aromatic rings. The van der Waals surface area contributed by atoms with Crippen LogP contribution in [-0.2, 0) is 13.0 Å². The van der Waals surface area contributed by atoms with Crippen LogP contribution in [0.2, 0.25) is 10.0 Å². The molecular formula is C19H19Cl2N5O. The summed E-state index contributed by atoms with van der Waals surface area (Å²) in [5.74, 6) is 0.712. The molecule has 3 N–H and O–H groups in total. The average Bonchev–Trinajstić information content (AvgIpc) is 2.80. The molecule has 0 saturated heterocycles. The van der Waals surface area contributed by atoms with E-state index in [0.717, 1.165) is 43.0 Å². The number of nitrogen functional groups attached to an aromatic ring is 1. The van der Waals surface area contributed by atoms with Gasteiger partial charge in [-0.05, 0) is 38.0 Å². The lowest BCUT2D eigenvalue weighted by molar-refractivity contribution is 0.102. The van der Waals surface area contributed by atoms with Gasteiger partial charge in [-0.2, -0.15) is 0 Å². The number of halogens is 2. The number of nitrogens with one attached hydrogen (secondary N) is 1. The first kappa shape index (κ1) is 18.1. The Balaban J connectivity index is 1.76. The van der Waals surface area contributed by atoms with Crippen molar-refractivity contribution >= 4 is 51.6 Å². The second-order valence-electron chi connectivity index (χ2n) is 6.78. The zero-order chi connectivity index (χ0) is 19.1. The molecule has 0 radical (unpaired) electrons. The van der Waals surface area contributed by atoms with Crippen LogP contribution in [0, 0.1) is 6.92 Å². The summed E-state index contributed by atoms with van der Waals surface area (Å²) in [6, 6.07) is 4.91. The Labute approximate surface area is 166 Å². The maximum absolute atomic E-state index is 13.0. The molecule has 1 aromatic carbocycles. The second kappa shape index (κ2) is 7.02. The van der Waals surface area contributed by atoms with Crippen molar-refractivity contribution in [1.82, 2.24) is 14.5 Å². The average molecular weight is 404 g/mol. The maximum Gasteiger partial charge on any atom is 0.258 e. The largest absolute Gasteiger partial charge is 0.396 e. The van der Waals surface area contributed by atoms with Crippen molar-refractivity contribution in [2.24, 2.45) is 0 Å². The molecular weight excluding hydrogens is 385 g/mol. The number of carbonyl (C=O) groups excluding carboxylic acids is 1. The molecule has 1 aliphatic heterocycles. The minimum atomic E-state index is -0.282.